The molecular formula is C22H26N2O4. The first-order chi connectivity index (χ1) is 13.6. The highest BCUT2D eigenvalue weighted by molar-refractivity contribution is 5.97. The molecule has 1 aliphatic rings. The molecule has 0 spiro atoms. The molecule has 1 aliphatic heterocycles. The van der Waals surface area contributed by atoms with E-state index in [1.165, 1.54) is 6.42 Å². The number of amides is 2. The van der Waals surface area contributed by atoms with Crippen molar-refractivity contribution in [1.82, 2.24) is 4.90 Å². The van der Waals surface area contributed by atoms with Gasteiger partial charge < -0.3 is 19.7 Å². The third kappa shape index (κ3) is 4.82. The number of piperidine rings is 1. The first-order valence-electron chi connectivity index (χ1n) is 9.58. The lowest BCUT2D eigenvalue weighted by atomic mass is 10.1. The van der Waals surface area contributed by atoms with Crippen molar-refractivity contribution < 1.29 is 19.1 Å². The van der Waals surface area contributed by atoms with E-state index in [1.807, 2.05) is 17.0 Å². The van der Waals surface area contributed by atoms with E-state index in [-0.39, 0.29) is 11.8 Å². The highest BCUT2D eigenvalue weighted by atomic mass is 16.5. The van der Waals surface area contributed by atoms with Crippen molar-refractivity contribution in [3.8, 4) is 11.5 Å². The Hall–Kier alpha value is -3.02. The summed E-state index contributed by atoms with van der Waals surface area (Å²) in [7, 11) is 1.56. The summed E-state index contributed by atoms with van der Waals surface area (Å²) in [5, 5.41) is 2.82. The molecule has 1 saturated heterocycles. The molecule has 1 atom stereocenters. The highest BCUT2D eigenvalue weighted by Gasteiger charge is 2.19. The smallest absolute Gasteiger partial charge is 0.265 e. The first kappa shape index (κ1) is 19.7. The molecule has 0 bridgehead atoms. The Morgan fingerprint density at radius 3 is 2.25 bits per heavy atom. The second kappa shape index (κ2) is 9.26. The summed E-state index contributed by atoms with van der Waals surface area (Å²) >= 11 is 0. The van der Waals surface area contributed by atoms with Gasteiger partial charge in [-0.25, -0.2) is 0 Å². The zero-order chi connectivity index (χ0) is 19.9. The normalized spacial score (nSPS) is 14.9. The van der Waals surface area contributed by atoms with Crippen molar-refractivity contribution in [2.24, 2.45) is 0 Å². The minimum absolute atomic E-state index is 0.0467. The standard InChI is InChI=1S/C22H26N2O4/c1-16(28-20-9-5-4-8-19(20)27-2)21(25)23-18-12-10-17(11-13-18)22(26)24-14-6-3-7-15-24/h4-5,8-13,16H,3,6-7,14-15H2,1-2H3,(H,23,25). The lowest BCUT2D eigenvalue weighted by molar-refractivity contribution is -0.122. The van der Waals surface area contributed by atoms with Gasteiger partial charge in [0.2, 0.25) is 0 Å². The molecule has 0 aliphatic carbocycles. The van der Waals surface area contributed by atoms with Gasteiger partial charge in [-0.3, -0.25) is 9.59 Å². The van der Waals surface area contributed by atoms with Crippen LogP contribution in [0.1, 0.15) is 36.5 Å². The van der Waals surface area contributed by atoms with E-state index in [4.69, 9.17) is 9.47 Å². The average Bonchev–Trinajstić information content (AvgIpc) is 2.74. The topological polar surface area (TPSA) is 67.9 Å². The van der Waals surface area contributed by atoms with Crippen molar-refractivity contribution in [2.75, 3.05) is 25.5 Å². The van der Waals surface area contributed by atoms with Crippen LogP contribution in [0.3, 0.4) is 0 Å². The number of benzene rings is 2. The molecule has 0 radical (unpaired) electrons. The number of nitrogens with zero attached hydrogens (tertiary/aromatic N) is 1. The summed E-state index contributed by atoms with van der Waals surface area (Å²) < 4.78 is 11.0. The Kier molecular flexibility index (Phi) is 6.53. The van der Waals surface area contributed by atoms with Gasteiger partial charge in [0.25, 0.3) is 11.8 Å². The van der Waals surface area contributed by atoms with Crippen molar-refractivity contribution in [3.05, 3.63) is 54.1 Å². The molecule has 0 saturated carbocycles. The number of likely N-dealkylation sites (tertiary alicyclic amines) is 1. The summed E-state index contributed by atoms with van der Waals surface area (Å²) in [6.07, 6.45) is 2.60. The Bertz CT molecular complexity index is 814. The van der Waals surface area contributed by atoms with Crippen LogP contribution in [0.5, 0.6) is 11.5 Å². The third-order valence-corrected chi connectivity index (χ3v) is 4.78. The molecule has 1 fully saturated rings. The van der Waals surface area contributed by atoms with Gasteiger partial charge >= 0.3 is 0 Å². The Morgan fingerprint density at radius 1 is 0.964 bits per heavy atom. The number of hydrogen-bond donors (Lipinski definition) is 1. The molecule has 2 aromatic rings. The summed E-state index contributed by atoms with van der Waals surface area (Å²) in [6.45, 7) is 3.31. The monoisotopic (exact) mass is 382 g/mol. The number of anilines is 1. The molecule has 1 unspecified atom stereocenters. The van der Waals surface area contributed by atoms with Crippen molar-refractivity contribution in [3.63, 3.8) is 0 Å². The Morgan fingerprint density at radius 2 is 1.61 bits per heavy atom. The molecular weight excluding hydrogens is 356 g/mol. The van der Waals surface area contributed by atoms with Crippen LogP contribution < -0.4 is 14.8 Å². The number of nitrogens with one attached hydrogen (secondary N) is 1. The largest absolute Gasteiger partial charge is 0.493 e. The SMILES string of the molecule is COc1ccccc1OC(C)C(=O)Nc1ccc(C(=O)N2CCCCC2)cc1. The number of carbonyl (C=O) groups is 2. The summed E-state index contributed by atoms with van der Waals surface area (Å²) in [6, 6.07) is 14.2. The Balaban J connectivity index is 1.58. The fourth-order valence-electron chi connectivity index (χ4n) is 3.18. The summed E-state index contributed by atoms with van der Waals surface area (Å²) in [5.41, 5.74) is 1.26. The maximum absolute atomic E-state index is 12.5. The van der Waals surface area contributed by atoms with E-state index < -0.39 is 6.10 Å². The molecule has 2 aromatic carbocycles. The van der Waals surface area contributed by atoms with Crippen LogP contribution in [0.15, 0.2) is 48.5 Å². The van der Waals surface area contributed by atoms with Crippen LogP contribution in [0, 0.1) is 0 Å². The average molecular weight is 382 g/mol. The molecule has 3 rings (SSSR count). The fraction of sp³-hybridized carbons (Fsp3) is 0.364. The molecule has 28 heavy (non-hydrogen) atoms. The quantitative estimate of drug-likeness (QED) is 0.827. The maximum atomic E-state index is 12.5. The summed E-state index contributed by atoms with van der Waals surface area (Å²) in [5.74, 6) is 0.851. The first-order valence-corrected chi connectivity index (χ1v) is 9.58. The molecule has 148 valence electrons. The highest BCUT2D eigenvalue weighted by Crippen LogP contribution is 2.27. The van der Waals surface area contributed by atoms with Gasteiger partial charge in [0.1, 0.15) is 0 Å². The number of rotatable bonds is 6. The van der Waals surface area contributed by atoms with Crippen molar-refractivity contribution >= 4 is 17.5 Å². The van der Waals surface area contributed by atoms with E-state index >= 15 is 0 Å². The van der Waals surface area contributed by atoms with Crippen LogP contribution in [-0.2, 0) is 4.79 Å². The summed E-state index contributed by atoms with van der Waals surface area (Å²) in [4.78, 5) is 26.8. The van der Waals surface area contributed by atoms with E-state index in [0.717, 1.165) is 25.9 Å². The maximum Gasteiger partial charge on any atom is 0.265 e. The predicted octanol–water partition coefficient (Wildman–Crippen LogP) is 3.73. The van der Waals surface area contributed by atoms with Crippen LogP contribution in [0.4, 0.5) is 5.69 Å². The van der Waals surface area contributed by atoms with Crippen molar-refractivity contribution in [1.29, 1.82) is 0 Å². The molecule has 2 amide bonds. The number of hydrogen-bond acceptors (Lipinski definition) is 4. The lowest BCUT2D eigenvalue weighted by Crippen LogP contribution is -2.35. The molecule has 6 heteroatoms. The molecule has 6 nitrogen and oxygen atoms in total. The molecule has 1 N–H and O–H groups in total. The number of carbonyl (C=O) groups excluding carboxylic acids is 2. The lowest BCUT2D eigenvalue weighted by Gasteiger charge is -2.26. The van der Waals surface area contributed by atoms with Crippen LogP contribution >= 0.6 is 0 Å². The van der Waals surface area contributed by atoms with Gasteiger partial charge in [0.05, 0.1) is 7.11 Å². The predicted molar refractivity (Wildman–Crippen MR) is 108 cm³/mol. The van der Waals surface area contributed by atoms with Crippen LogP contribution in [0.25, 0.3) is 0 Å². The van der Waals surface area contributed by atoms with E-state index in [2.05, 4.69) is 5.32 Å². The molecule has 1 heterocycles. The van der Waals surface area contributed by atoms with Gasteiger partial charge in [0.15, 0.2) is 17.6 Å². The second-order valence-electron chi connectivity index (χ2n) is 6.83. The van der Waals surface area contributed by atoms with Gasteiger partial charge in [0, 0.05) is 24.3 Å². The van der Waals surface area contributed by atoms with Gasteiger partial charge in [-0.1, -0.05) is 12.1 Å². The third-order valence-electron chi connectivity index (χ3n) is 4.78. The zero-order valence-corrected chi connectivity index (χ0v) is 16.3. The Labute approximate surface area is 165 Å². The van der Waals surface area contributed by atoms with E-state index in [0.29, 0.717) is 22.7 Å². The minimum atomic E-state index is -0.703. The van der Waals surface area contributed by atoms with E-state index in [9.17, 15) is 9.59 Å². The number of methoxy groups -OCH3 is 1. The zero-order valence-electron chi connectivity index (χ0n) is 16.3. The van der Waals surface area contributed by atoms with Crippen molar-refractivity contribution in [2.45, 2.75) is 32.3 Å². The van der Waals surface area contributed by atoms with Crippen LogP contribution in [-0.4, -0.2) is 43.0 Å². The molecule has 0 aromatic heterocycles. The second-order valence-corrected chi connectivity index (χ2v) is 6.83. The van der Waals surface area contributed by atoms with Gasteiger partial charge in [-0.05, 0) is 62.6 Å². The van der Waals surface area contributed by atoms with Crippen LogP contribution in [0.2, 0.25) is 0 Å². The van der Waals surface area contributed by atoms with Gasteiger partial charge in [-0.2, -0.15) is 0 Å². The fourth-order valence-corrected chi connectivity index (χ4v) is 3.18. The van der Waals surface area contributed by atoms with E-state index in [1.54, 1.807) is 50.4 Å². The minimum Gasteiger partial charge on any atom is -0.493 e. The number of para-hydroxylation sites is 2. The number of ether oxygens (including phenoxy) is 2. The van der Waals surface area contributed by atoms with Gasteiger partial charge in [-0.15, -0.1) is 0 Å².